The van der Waals surface area contributed by atoms with Crippen molar-refractivity contribution in [1.29, 1.82) is 0 Å². The molecule has 0 aromatic carbocycles. The van der Waals surface area contributed by atoms with Crippen molar-refractivity contribution in [3.05, 3.63) is 41.4 Å². The first-order chi connectivity index (χ1) is 12.8. The van der Waals surface area contributed by atoms with Gasteiger partial charge in [-0.05, 0) is 19.1 Å². The maximum atomic E-state index is 14.1. The summed E-state index contributed by atoms with van der Waals surface area (Å²) < 4.78 is 69.8. The van der Waals surface area contributed by atoms with Crippen LogP contribution in [-0.2, 0) is 16.6 Å². The van der Waals surface area contributed by atoms with E-state index in [4.69, 9.17) is 4.42 Å². The van der Waals surface area contributed by atoms with Crippen molar-refractivity contribution >= 4 is 27.0 Å². The average Bonchev–Trinajstić information content (AvgIpc) is 3.27. The highest BCUT2D eigenvalue weighted by Crippen LogP contribution is 2.32. The van der Waals surface area contributed by atoms with Gasteiger partial charge >= 0.3 is 6.43 Å². The summed E-state index contributed by atoms with van der Waals surface area (Å²) in [4.78, 5) is 7.30. The zero-order valence-electron chi connectivity index (χ0n) is 13.7. The highest BCUT2D eigenvalue weighted by molar-refractivity contribution is 7.92. The molecule has 0 amide bonds. The van der Waals surface area contributed by atoms with E-state index in [-0.39, 0.29) is 27.9 Å². The minimum absolute atomic E-state index is 0.0835. The van der Waals surface area contributed by atoms with Crippen LogP contribution in [0.1, 0.15) is 24.2 Å². The molecule has 13 heteroatoms. The first-order valence-electron chi connectivity index (χ1n) is 7.49. The van der Waals surface area contributed by atoms with Crippen LogP contribution in [0, 0.1) is 5.95 Å². The molecule has 0 spiro atoms. The molecule has 0 aliphatic heterocycles. The Balaban J connectivity index is 1.94. The largest absolute Gasteiger partial charge is 0.414 e. The summed E-state index contributed by atoms with van der Waals surface area (Å²) in [6, 6.07) is 3.10. The molecule has 27 heavy (non-hydrogen) atoms. The van der Waals surface area contributed by atoms with Crippen LogP contribution in [0.5, 0.6) is 0 Å². The van der Waals surface area contributed by atoms with Crippen molar-refractivity contribution in [2.24, 2.45) is 0 Å². The van der Waals surface area contributed by atoms with Crippen LogP contribution >= 0.6 is 11.3 Å². The Morgan fingerprint density at radius 2 is 2.11 bits per heavy atom. The quantitative estimate of drug-likeness (QED) is 0.580. The Hall–Kier alpha value is -2.54. The number of thiazole rings is 1. The van der Waals surface area contributed by atoms with Gasteiger partial charge in [0.15, 0.2) is 0 Å². The fourth-order valence-corrected chi connectivity index (χ4v) is 4.08. The van der Waals surface area contributed by atoms with E-state index in [0.717, 1.165) is 15.6 Å². The van der Waals surface area contributed by atoms with Crippen molar-refractivity contribution in [3.63, 3.8) is 0 Å². The van der Waals surface area contributed by atoms with E-state index in [9.17, 15) is 21.6 Å². The maximum Gasteiger partial charge on any atom is 0.314 e. The molecular formula is C14H12F3N5O3S2. The average molecular weight is 419 g/mol. The van der Waals surface area contributed by atoms with Gasteiger partial charge in [-0.1, -0.05) is 0 Å². The molecular weight excluding hydrogens is 407 g/mol. The molecule has 144 valence electrons. The number of rotatable bonds is 7. The third-order valence-corrected chi connectivity index (χ3v) is 6.11. The first kappa shape index (κ1) is 19.2. The van der Waals surface area contributed by atoms with Gasteiger partial charge < -0.3 is 4.42 Å². The Labute approximate surface area is 155 Å². The highest BCUT2D eigenvalue weighted by Gasteiger charge is 2.26. The van der Waals surface area contributed by atoms with Gasteiger partial charge in [0.25, 0.3) is 11.8 Å². The van der Waals surface area contributed by atoms with Crippen molar-refractivity contribution in [3.8, 4) is 10.8 Å². The monoisotopic (exact) mass is 419 g/mol. The van der Waals surface area contributed by atoms with E-state index in [1.807, 2.05) is 0 Å². The van der Waals surface area contributed by atoms with E-state index in [1.54, 1.807) is 6.07 Å². The van der Waals surface area contributed by atoms with Gasteiger partial charge in [-0.15, -0.1) is 21.5 Å². The number of anilines is 1. The summed E-state index contributed by atoms with van der Waals surface area (Å²) in [6.45, 7) is 1.20. The first-order valence-corrected chi connectivity index (χ1v) is 9.92. The van der Waals surface area contributed by atoms with Gasteiger partial charge in [0.1, 0.15) is 9.88 Å². The number of hydrogen-bond acceptors (Lipinski definition) is 8. The molecule has 0 bridgehead atoms. The lowest BCUT2D eigenvalue weighted by Gasteiger charge is -2.22. The molecule has 0 N–H and O–H groups in total. The van der Waals surface area contributed by atoms with Crippen molar-refractivity contribution in [1.82, 2.24) is 20.2 Å². The van der Waals surface area contributed by atoms with Crippen LogP contribution in [-0.4, -0.2) is 34.3 Å². The normalized spacial score (nSPS) is 11.9. The number of pyridine rings is 1. The predicted molar refractivity (Wildman–Crippen MR) is 90.2 cm³/mol. The van der Waals surface area contributed by atoms with Crippen molar-refractivity contribution in [2.45, 2.75) is 19.9 Å². The highest BCUT2D eigenvalue weighted by atomic mass is 32.2. The topological polar surface area (TPSA) is 102 Å². The molecule has 3 aromatic rings. The fourth-order valence-electron chi connectivity index (χ4n) is 2.09. The fraction of sp³-hybridized carbons (Fsp3) is 0.286. The lowest BCUT2D eigenvalue weighted by Crippen LogP contribution is -2.31. The Morgan fingerprint density at radius 3 is 2.70 bits per heavy atom. The van der Waals surface area contributed by atoms with Crippen LogP contribution in [0.3, 0.4) is 0 Å². The van der Waals surface area contributed by atoms with Gasteiger partial charge in [-0.3, -0.25) is 9.29 Å². The van der Waals surface area contributed by atoms with E-state index in [0.29, 0.717) is 0 Å². The lowest BCUT2D eigenvalue weighted by atomic mass is 10.4. The predicted octanol–water partition coefficient (Wildman–Crippen LogP) is 3.02. The minimum atomic E-state index is -3.70. The summed E-state index contributed by atoms with van der Waals surface area (Å²) in [7, 11) is -3.70. The number of hydrogen-bond donors (Lipinski definition) is 0. The lowest BCUT2D eigenvalue weighted by molar-refractivity contribution is 0.116. The summed E-state index contributed by atoms with van der Waals surface area (Å²) >= 11 is 0.733. The molecule has 0 aliphatic carbocycles. The SMILES string of the molecule is CCS(=O)(=O)N(Cc1nc(F)c(-c2nnc(C(F)F)o2)s1)c1cccnc1. The molecule has 0 atom stereocenters. The van der Waals surface area contributed by atoms with Gasteiger partial charge in [0.05, 0.1) is 24.2 Å². The summed E-state index contributed by atoms with van der Waals surface area (Å²) in [5.41, 5.74) is 0.286. The van der Waals surface area contributed by atoms with Crippen LogP contribution in [0.25, 0.3) is 10.8 Å². The van der Waals surface area contributed by atoms with Crippen LogP contribution < -0.4 is 4.31 Å². The van der Waals surface area contributed by atoms with Crippen LogP contribution in [0.4, 0.5) is 18.9 Å². The molecule has 0 radical (unpaired) electrons. The second-order valence-electron chi connectivity index (χ2n) is 5.09. The second-order valence-corrected chi connectivity index (χ2v) is 8.36. The Morgan fingerprint density at radius 1 is 1.33 bits per heavy atom. The summed E-state index contributed by atoms with van der Waals surface area (Å²) in [5, 5.41) is 6.59. The van der Waals surface area contributed by atoms with E-state index >= 15 is 0 Å². The van der Waals surface area contributed by atoms with E-state index < -0.39 is 34.2 Å². The smallest absolute Gasteiger partial charge is 0.314 e. The van der Waals surface area contributed by atoms with Gasteiger partial charge in [-0.25, -0.2) is 13.4 Å². The Kier molecular flexibility index (Phi) is 5.41. The molecule has 0 unspecified atom stereocenters. The standard InChI is InChI=1S/C14H12F3N5O3S2/c1-2-27(23,24)22(8-4-3-5-18-6-8)7-9-19-12(17)10(26-9)13-20-21-14(25-13)11(15)16/h3-6,11H,2,7H2,1H3. The van der Waals surface area contributed by atoms with Gasteiger partial charge in [0.2, 0.25) is 16.0 Å². The van der Waals surface area contributed by atoms with E-state index in [2.05, 4.69) is 20.2 Å². The number of aromatic nitrogens is 4. The molecule has 8 nitrogen and oxygen atoms in total. The maximum absolute atomic E-state index is 14.1. The summed E-state index contributed by atoms with van der Waals surface area (Å²) in [6.07, 6.45) is -0.153. The number of alkyl halides is 2. The van der Waals surface area contributed by atoms with Crippen molar-refractivity contribution < 1.29 is 26.0 Å². The van der Waals surface area contributed by atoms with Gasteiger partial charge in [0, 0.05) is 6.20 Å². The second kappa shape index (κ2) is 7.60. The van der Waals surface area contributed by atoms with E-state index in [1.165, 1.54) is 25.4 Å². The van der Waals surface area contributed by atoms with Crippen molar-refractivity contribution in [2.75, 3.05) is 10.1 Å². The third kappa shape index (κ3) is 4.08. The molecule has 0 saturated carbocycles. The zero-order valence-corrected chi connectivity index (χ0v) is 15.3. The zero-order chi connectivity index (χ0) is 19.6. The molecule has 0 aliphatic rings. The minimum Gasteiger partial charge on any atom is -0.414 e. The third-order valence-electron chi connectivity index (χ3n) is 3.37. The summed E-state index contributed by atoms with van der Waals surface area (Å²) in [5.74, 6) is -2.59. The van der Waals surface area contributed by atoms with Crippen LogP contribution in [0.2, 0.25) is 0 Å². The number of halogens is 3. The molecule has 3 heterocycles. The number of sulfonamides is 1. The molecule has 3 aromatic heterocycles. The number of nitrogens with zero attached hydrogens (tertiary/aromatic N) is 5. The molecule has 3 rings (SSSR count). The molecule has 0 saturated heterocycles. The van der Waals surface area contributed by atoms with Gasteiger partial charge in [-0.2, -0.15) is 13.2 Å². The molecule has 0 fully saturated rings. The van der Waals surface area contributed by atoms with Crippen LogP contribution in [0.15, 0.2) is 28.9 Å². The Bertz CT molecular complexity index is 1020.